The molecule has 0 spiro atoms. The van der Waals surface area contributed by atoms with Crippen LogP contribution in [0.1, 0.15) is 24.2 Å². The van der Waals surface area contributed by atoms with E-state index in [2.05, 4.69) is 5.43 Å². The van der Waals surface area contributed by atoms with E-state index in [1.807, 2.05) is 0 Å². The molecule has 0 saturated carbocycles. The molecular formula is C24H22F2N2O3. The number of carbonyl (C=O) groups is 2. The number of carbonyl (C=O) groups excluding carboxylic acids is 2. The van der Waals surface area contributed by atoms with E-state index in [0.717, 1.165) is 6.07 Å². The van der Waals surface area contributed by atoms with Gasteiger partial charge < -0.3 is 4.74 Å². The lowest BCUT2D eigenvalue weighted by molar-refractivity contribution is -0.137. The van der Waals surface area contributed by atoms with Gasteiger partial charge in [-0.25, -0.2) is 13.8 Å². The second-order valence-electron chi connectivity index (χ2n) is 7.07. The van der Waals surface area contributed by atoms with Gasteiger partial charge >= 0.3 is 0 Å². The number of nitrogens with zero attached hydrogens (tertiary/aromatic N) is 1. The Bertz CT molecular complexity index is 1070. The molecular weight excluding hydrogens is 402 g/mol. The maximum atomic E-state index is 14.2. The normalized spacial score (nSPS) is 10.6. The van der Waals surface area contributed by atoms with Crippen LogP contribution < -0.4 is 10.2 Å². The van der Waals surface area contributed by atoms with Crippen molar-refractivity contribution in [3.8, 4) is 16.9 Å². The lowest BCUT2D eigenvalue weighted by atomic mass is 10.0. The van der Waals surface area contributed by atoms with Gasteiger partial charge in [0.25, 0.3) is 11.8 Å². The van der Waals surface area contributed by atoms with Gasteiger partial charge in [0.15, 0.2) is 6.61 Å². The molecule has 3 aromatic rings. The lowest BCUT2D eigenvalue weighted by Crippen LogP contribution is -2.51. The summed E-state index contributed by atoms with van der Waals surface area (Å²) in [5.74, 6) is -1.89. The van der Waals surface area contributed by atoms with E-state index in [9.17, 15) is 18.4 Å². The van der Waals surface area contributed by atoms with Crippen LogP contribution in [-0.2, 0) is 4.79 Å². The van der Waals surface area contributed by atoms with Crippen molar-refractivity contribution >= 4 is 11.8 Å². The first-order valence-corrected chi connectivity index (χ1v) is 9.72. The summed E-state index contributed by atoms with van der Waals surface area (Å²) in [4.78, 5) is 25.2. The second-order valence-corrected chi connectivity index (χ2v) is 7.07. The Labute approximate surface area is 179 Å². The Morgan fingerprint density at radius 2 is 1.61 bits per heavy atom. The Morgan fingerprint density at radius 1 is 0.935 bits per heavy atom. The first-order valence-electron chi connectivity index (χ1n) is 9.72. The number of benzene rings is 3. The molecule has 0 fully saturated rings. The highest BCUT2D eigenvalue weighted by atomic mass is 19.1. The molecule has 0 aliphatic rings. The van der Waals surface area contributed by atoms with Gasteiger partial charge in [-0.05, 0) is 50.2 Å². The molecule has 0 aromatic heterocycles. The number of halogens is 2. The van der Waals surface area contributed by atoms with Crippen molar-refractivity contribution in [2.75, 3.05) is 6.61 Å². The maximum absolute atomic E-state index is 14.2. The predicted octanol–water partition coefficient (Wildman–Crippen LogP) is 4.59. The van der Waals surface area contributed by atoms with Crippen LogP contribution >= 0.6 is 0 Å². The third-order valence-corrected chi connectivity index (χ3v) is 4.50. The highest BCUT2D eigenvalue weighted by molar-refractivity contribution is 5.95. The van der Waals surface area contributed by atoms with Crippen molar-refractivity contribution < 1.29 is 23.1 Å². The van der Waals surface area contributed by atoms with Crippen molar-refractivity contribution in [2.45, 2.75) is 19.9 Å². The average molecular weight is 424 g/mol. The van der Waals surface area contributed by atoms with Gasteiger partial charge in [-0.3, -0.25) is 15.0 Å². The van der Waals surface area contributed by atoms with Crippen LogP contribution in [0.15, 0.2) is 72.8 Å². The number of hydrogen-bond donors (Lipinski definition) is 1. The predicted molar refractivity (Wildman–Crippen MR) is 113 cm³/mol. The number of amides is 2. The van der Waals surface area contributed by atoms with Gasteiger partial charge in [0.1, 0.15) is 17.4 Å². The first kappa shape index (κ1) is 22.0. The van der Waals surface area contributed by atoms with Crippen molar-refractivity contribution in [3.05, 3.63) is 90.0 Å². The lowest BCUT2D eigenvalue weighted by Gasteiger charge is -2.27. The molecule has 3 rings (SSSR count). The number of hydrazine groups is 1. The molecule has 1 N–H and O–H groups in total. The van der Waals surface area contributed by atoms with E-state index >= 15 is 0 Å². The summed E-state index contributed by atoms with van der Waals surface area (Å²) < 4.78 is 33.6. The zero-order valence-electron chi connectivity index (χ0n) is 17.1. The van der Waals surface area contributed by atoms with E-state index in [4.69, 9.17) is 4.74 Å². The second kappa shape index (κ2) is 9.84. The largest absolute Gasteiger partial charge is 0.483 e. The molecule has 7 heteroatoms. The SMILES string of the molecule is CC(C)N(NC(=O)c1ccccc1)C(=O)COc1ccc(F)cc1-c1ccccc1F. The van der Waals surface area contributed by atoms with Crippen LogP contribution in [0.5, 0.6) is 5.75 Å². The minimum absolute atomic E-state index is 0.151. The summed E-state index contributed by atoms with van der Waals surface area (Å²) in [7, 11) is 0. The van der Waals surface area contributed by atoms with Gasteiger partial charge in [-0.1, -0.05) is 36.4 Å². The van der Waals surface area contributed by atoms with E-state index < -0.39 is 30.1 Å². The minimum atomic E-state index is -0.559. The summed E-state index contributed by atoms with van der Waals surface area (Å²) in [6, 6.07) is 17.7. The summed E-state index contributed by atoms with van der Waals surface area (Å²) >= 11 is 0. The highest BCUT2D eigenvalue weighted by Gasteiger charge is 2.22. The monoisotopic (exact) mass is 424 g/mol. The number of nitrogens with one attached hydrogen (secondary N) is 1. The van der Waals surface area contributed by atoms with E-state index in [0.29, 0.717) is 5.56 Å². The van der Waals surface area contributed by atoms with Gasteiger partial charge in [-0.15, -0.1) is 0 Å². The van der Waals surface area contributed by atoms with Crippen LogP contribution in [0.2, 0.25) is 0 Å². The summed E-state index contributed by atoms with van der Waals surface area (Å²) in [6.07, 6.45) is 0. The van der Waals surface area contributed by atoms with Crippen molar-refractivity contribution in [1.82, 2.24) is 10.4 Å². The van der Waals surface area contributed by atoms with E-state index in [-0.39, 0.29) is 22.9 Å². The molecule has 2 amide bonds. The van der Waals surface area contributed by atoms with Gasteiger partial charge in [0, 0.05) is 22.7 Å². The minimum Gasteiger partial charge on any atom is -0.483 e. The number of hydrogen-bond acceptors (Lipinski definition) is 3. The molecule has 3 aromatic carbocycles. The standard InChI is InChI=1S/C24H22F2N2O3/c1-16(2)28(27-24(30)17-8-4-3-5-9-17)23(29)15-31-22-13-12-18(25)14-20(22)19-10-6-7-11-21(19)26/h3-14,16H,15H2,1-2H3,(H,27,30). The Morgan fingerprint density at radius 3 is 2.29 bits per heavy atom. The van der Waals surface area contributed by atoms with Crippen LogP contribution in [0.25, 0.3) is 11.1 Å². The van der Waals surface area contributed by atoms with E-state index in [1.165, 1.54) is 35.3 Å². The van der Waals surface area contributed by atoms with Gasteiger partial charge in [-0.2, -0.15) is 0 Å². The fraction of sp³-hybridized carbons (Fsp3) is 0.167. The molecule has 0 aliphatic carbocycles. The third-order valence-electron chi connectivity index (χ3n) is 4.50. The average Bonchev–Trinajstić information content (AvgIpc) is 2.77. The molecule has 0 unspecified atom stereocenters. The molecule has 31 heavy (non-hydrogen) atoms. The van der Waals surface area contributed by atoms with Crippen LogP contribution in [-0.4, -0.2) is 29.5 Å². The molecule has 0 bridgehead atoms. The van der Waals surface area contributed by atoms with Gasteiger partial charge in [0.05, 0.1) is 0 Å². The highest BCUT2D eigenvalue weighted by Crippen LogP contribution is 2.32. The molecule has 5 nitrogen and oxygen atoms in total. The van der Waals surface area contributed by atoms with Crippen molar-refractivity contribution in [1.29, 1.82) is 0 Å². The van der Waals surface area contributed by atoms with Crippen LogP contribution in [0, 0.1) is 11.6 Å². The third kappa shape index (κ3) is 5.45. The molecule has 0 atom stereocenters. The summed E-state index contributed by atoms with van der Waals surface area (Å²) in [6.45, 7) is 3.05. The summed E-state index contributed by atoms with van der Waals surface area (Å²) in [5.41, 5.74) is 3.33. The molecule has 0 radical (unpaired) electrons. The quantitative estimate of drug-likeness (QED) is 0.589. The van der Waals surface area contributed by atoms with Gasteiger partial charge in [0.2, 0.25) is 0 Å². The number of rotatable bonds is 6. The molecule has 0 saturated heterocycles. The fourth-order valence-electron chi connectivity index (χ4n) is 2.97. The van der Waals surface area contributed by atoms with Crippen LogP contribution in [0.4, 0.5) is 8.78 Å². The van der Waals surface area contributed by atoms with Crippen molar-refractivity contribution in [2.24, 2.45) is 0 Å². The fourth-order valence-corrected chi connectivity index (χ4v) is 2.97. The zero-order chi connectivity index (χ0) is 22.4. The molecule has 0 heterocycles. The number of ether oxygens (including phenoxy) is 1. The zero-order valence-corrected chi connectivity index (χ0v) is 17.1. The first-order chi connectivity index (χ1) is 14.9. The topological polar surface area (TPSA) is 58.6 Å². The maximum Gasteiger partial charge on any atom is 0.279 e. The Balaban J connectivity index is 1.76. The Hall–Kier alpha value is -3.74. The molecule has 160 valence electrons. The molecule has 0 aliphatic heterocycles. The summed E-state index contributed by atoms with van der Waals surface area (Å²) in [5, 5.41) is 1.17. The van der Waals surface area contributed by atoms with E-state index in [1.54, 1.807) is 50.2 Å². The Kier molecular flexibility index (Phi) is 6.97. The van der Waals surface area contributed by atoms with Crippen LogP contribution in [0.3, 0.4) is 0 Å². The smallest absolute Gasteiger partial charge is 0.279 e. The van der Waals surface area contributed by atoms with Crippen molar-refractivity contribution in [3.63, 3.8) is 0 Å².